The first kappa shape index (κ1) is 17.5. The molecule has 0 spiro atoms. The molecular weight excluding hydrogens is 336 g/mol. The van der Waals surface area contributed by atoms with E-state index in [0.29, 0.717) is 5.75 Å². The van der Waals surface area contributed by atoms with Gasteiger partial charge in [-0.05, 0) is 31.0 Å². The van der Waals surface area contributed by atoms with Crippen molar-refractivity contribution in [1.29, 1.82) is 0 Å². The molecule has 0 saturated carbocycles. The molecule has 0 aliphatic carbocycles. The molecule has 3 rings (SSSR count). The van der Waals surface area contributed by atoms with Crippen LogP contribution in [-0.2, 0) is 11.3 Å². The van der Waals surface area contributed by atoms with Gasteiger partial charge in [0.25, 0.3) is 5.56 Å². The molecule has 0 fully saturated rings. The molecule has 0 bridgehead atoms. The summed E-state index contributed by atoms with van der Waals surface area (Å²) in [7, 11) is 2.84. The lowest BCUT2D eigenvalue weighted by Gasteiger charge is -2.15. The molecule has 0 amide bonds. The van der Waals surface area contributed by atoms with Crippen molar-refractivity contribution in [1.82, 2.24) is 19.5 Å². The van der Waals surface area contributed by atoms with Crippen molar-refractivity contribution >= 4 is 17.1 Å². The monoisotopic (exact) mass is 354 g/mol. The molecule has 134 valence electrons. The maximum Gasteiger partial charge on any atom is 0.359 e. The van der Waals surface area contributed by atoms with Crippen molar-refractivity contribution in [2.45, 2.75) is 20.4 Å². The molecule has 0 atom stereocenters. The Hall–Kier alpha value is -3.29. The van der Waals surface area contributed by atoms with Crippen LogP contribution in [0.2, 0.25) is 0 Å². The van der Waals surface area contributed by atoms with E-state index >= 15 is 0 Å². The van der Waals surface area contributed by atoms with Gasteiger partial charge >= 0.3 is 5.97 Å². The molecular formula is C18H18N4O4. The summed E-state index contributed by atoms with van der Waals surface area (Å²) < 4.78 is 11.6. The second-order valence-electron chi connectivity index (χ2n) is 5.83. The Morgan fingerprint density at radius 1 is 1.15 bits per heavy atom. The Morgan fingerprint density at radius 2 is 1.92 bits per heavy atom. The van der Waals surface area contributed by atoms with Crippen LogP contribution in [0.5, 0.6) is 5.75 Å². The third kappa shape index (κ3) is 3.01. The van der Waals surface area contributed by atoms with Gasteiger partial charge in [0.05, 0.1) is 27.0 Å². The highest BCUT2D eigenvalue weighted by Crippen LogP contribution is 2.25. The van der Waals surface area contributed by atoms with E-state index < -0.39 is 5.97 Å². The quantitative estimate of drug-likeness (QED) is 0.657. The normalized spacial score (nSPS) is 10.8. The zero-order chi connectivity index (χ0) is 18.8. The van der Waals surface area contributed by atoms with E-state index in [4.69, 9.17) is 9.47 Å². The lowest BCUT2D eigenvalue weighted by molar-refractivity contribution is 0.0596. The van der Waals surface area contributed by atoms with Crippen LogP contribution >= 0.6 is 0 Å². The smallest absolute Gasteiger partial charge is 0.359 e. The Bertz CT molecular complexity index is 1060. The van der Waals surface area contributed by atoms with E-state index in [2.05, 4.69) is 15.0 Å². The summed E-state index contributed by atoms with van der Waals surface area (Å²) in [4.78, 5) is 36.5. The first-order valence-corrected chi connectivity index (χ1v) is 7.89. The minimum Gasteiger partial charge on any atom is -0.496 e. The van der Waals surface area contributed by atoms with Gasteiger partial charge in [-0.2, -0.15) is 0 Å². The first-order valence-electron chi connectivity index (χ1n) is 7.89. The zero-order valence-electron chi connectivity index (χ0n) is 14.9. The number of aryl methyl sites for hydroxylation is 2. The minimum atomic E-state index is -0.640. The summed E-state index contributed by atoms with van der Waals surface area (Å²) in [6.45, 7) is 4.15. The highest BCUT2D eigenvalue weighted by atomic mass is 16.5. The van der Waals surface area contributed by atoms with Crippen LogP contribution in [0.1, 0.15) is 27.2 Å². The molecule has 1 aromatic carbocycles. The van der Waals surface area contributed by atoms with Gasteiger partial charge in [-0.3, -0.25) is 9.36 Å². The lowest BCUT2D eigenvalue weighted by atomic mass is 10.0. The van der Waals surface area contributed by atoms with Gasteiger partial charge in [-0.15, -0.1) is 0 Å². The van der Waals surface area contributed by atoms with Crippen molar-refractivity contribution in [3.05, 3.63) is 57.4 Å². The van der Waals surface area contributed by atoms with Gasteiger partial charge in [-0.1, -0.05) is 6.07 Å². The molecule has 0 saturated heterocycles. The molecule has 0 aliphatic rings. The summed E-state index contributed by atoms with van der Waals surface area (Å²) >= 11 is 0. The van der Waals surface area contributed by atoms with Crippen LogP contribution in [0.3, 0.4) is 0 Å². The Balaban J connectivity index is 2.22. The number of carbonyl (C=O) groups excluding carboxylic acids is 1. The van der Waals surface area contributed by atoms with Crippen LogP contribution in [0.25, 0.3) is 11.2 Å². The number of hydrogen-bond donors (Lipinski definition) is 0. The fourth-order valence-electron chi connectivity index (χ4n) is 2.88. The third-order valence-corrected chi connectivity index (χ3v) is 4.12. The lowest BCUT2D eigenvalue weighted by Crippen LogP contribution is -2.24. The van der Waals surface area contributed by atoms with E-state index in [9.17, 15) is 9.59 Å². The van der Waals surface area contributed by atoms with Gasteiger partial charge in [0.2, 0.25) is 0 Å². The van der Waals surface area contributed by atoms with Gasteiger partial charge in [-0.25, -0.2) is 19.7 Å². The molecule has 0 aliphatic heterocycles. The summed E-state index contributed by atoms with van der Waals surface area (Å²) in [6, 6.07) is 3.92. The Labute approximate surface area is 149 Å². The SMILES string of the molecule is COC(=O)c1ncnc2c1ncc(=O)n2Cc1c(C)cc(C)cc1OC. The van der Waals surface area contributed by atoms with Crippen LogP contribution in [0.15, 0.2) is 29.5 Å². The van der Waals surface area contributed by atoms with Crippen molar-refractivity contribution in [2.24, 2.45) is 0 Å². The molecule has 2 aromatic heterocycles. The number of carbonyl (C=O) groups is 1. The average Bonchev–Trinajstić information content (AvgIpc) is 2.63. The second-order valence-corrected chi connectivity index (χ2v) is 5.83. The Morgan fingerprint density at radius 3 is 2.62 bits per heavy atom. The number of methoxy groups -OCH3 is 2. The van der Waals surface area contributed by atoms with Crippen LogP contribution in [0, 0.1) is 13.8 Å². The van der Waals surface area contributed by atoms with Gasteiger partial charge in [0.1, 0.15) is 17.6 Å². The highest BCUT2D eigenvalue weighted by Gasteiger charge is 2.18. The number of nitrogens with zero attached hydrogens (tertiary/aromatic N) is 4. The van der Waals surface area contributed by atoms with E-state index in [1.807, 2.05) is 26.0 Å². The molecule has 8 heteroatoms. The third-order valence-electron chi connectivity index (χ3n) is 4.12. The predicted octanol–water partition coefficient (Wildman–Crippen LogP) is 1.65. The number of fused-ring (bicyclic) bond motifs is 1. The number of benzene rings is 1. The average molecular weight is 354 g/mol. The van der Waals surface area contributed by atoms with Crippen molar-refractivity contribution < 1.29 is 14.3 Å². The summed E-state index contributed by atoms with van der Waals surface area (Å²) in [6.07, 6.45) is 2.36. The van der Waals surface area contributed by atoms with Crippen molar-refractivity contribution in [2.75, 3.05) is 14.2 Å². The highest BCUT2D eigenvalue weighted by molar-refractivity contribution is 5.98. The van der Waals surface area contributed by atoms with Crippen LogP contribution in [0.4, 0.5) is 0 Å². The number of rotatable bonds is 4. The number of esters is 1. The van der Waals surface area contributed by atoms with E-state index in [0.717, 1.165) is 22.9 Å². The molecule has 0 N–H and O–H groups in total. The molecule has 3 aromatic rings. The van der Waals surface area contributed by atoms with E-state index in [1.165, 1.54) is 18.0 Å². The number of ether oxygens (including phenoxy) is 2. The maximum atomic E-state index is 12.4. The van der Waals surface area contributed by atoms with Gasteiger partial charge in [0, 0.05) is 5.56 Å². The first-order chi connectivity index (χ1) is 12.5. The van der Waals surface area contributed by atoms with Gasteiger partial charge in [0.15, 0.2) is 11.3 Å². The standard InChI is InChI=1S/C18H18N4O4/c1-10-5-11(2)12(13(6-10)25-3)8-22-14(23)7-19-15-16(18(24)26-4)20-9-21-17(15)22/h5-7,9H,8H2,1-4H3. The second kappa shape index (κ2) is 6.91. The summed E-state index contributed by atoms with van der Waals surface area (Å²) in [5.41, 5.74) is 3.04. The van der Waals surface area contributed by atoms with E-state index in [1.54, 1.807) is 7.11 Å². The summed E-state index contributed by atoms with van der Waals surface area (Å²) in [5.74, 6) is 0.0424. The molecule has 2 heterocycles. The molecule has 0 radical (unpaired) electrons. The Kier molecular flexibility index (Phi) is 4.66. The largest absolute Gasteiger partial charge is 0.496 e. The fourth-order valence-corrected chi connectivity index (χ4v) is 2.88. The number of aromatic nitrogens is 4. The minimum absolute atomic E-state index is 0.0128. The van der Waals surface area contributed by atoms with Crippen molar-refractivity contribution in [3.63, 3.8) is 0 Å². The van der Waals surface area contributed by atoms with E-state index in [-0.39, 0.29) is 29.0 Å². The molecule has 26 heavy (non-hydrogen) atoms. The zero-order valence-corrected chi connectivity index (χ0v) is 14.9. The predicted molar refractivity (Wildman–Crippen MR) is 94.5 cm³/mol. The van der Waals surface area contributed by atoms with Crippen molar-refractivity contribution in [3.8, 4) is 5.75 Å². The fraction of sp³-hybridized carbons (Fsp3) is 0.278. The topological polar surface area (TPSA) is 96.2 Å². The molecule has 0 unspecified atom stereocenters. The van der Waals surface area contributed by atoms with Gasteiger partial charge < -0.3 is 9.47 Å². The van der Waals surface area contributed by atoms with Crippen LogP contribution in [-0.4, -0.2) is 39.7 Å². The van der Waals surface area contributed by atoms with Crippen LogP contribution < -0.4 is 10.3 Å². The summed E-state index contributed by atoms with van der Waals surface area (Å²) in [5, 5.41) is 0. The molecule has 8 nitrogen and oxygen atoms in total. The number of hydrogen-bond acceptors (Lipinski definition) is 7. The maximum absolute atomic E-state index is 12.4.